The molecule has 3 N–H and O–H groups in total. The van der Waals surface area contributed by atoms with E-state index in [1.807, 2.05) is 0 Å². The average Bonchev–Trinajstić information content (AvgIpc) is 2.77. The molecule has 1 aromatic rings. The molecule has 0 aliphatic heterocycles. The van der Waals surface area contributed by atoms with E-state index >= 15 is 0 Å². The fourth-order valence-electron chi connectivity index (χ4n) is 2.27. The van der Waals surface area contributed by atoms with Crippen LogP contribution in [0.4, 0.5) is 5.82 Å². The first-order valence-electron chi connectivity index (χ1n) is 5.76. The van der Waals surface area contributed by atoms with E-state index in [2.05, 4.69) is 10.3 Å². The topological polar surface area (TPSA) is 77.2 Å². The number of carbonyl (C=O) groups excluding carboxylic acids is 1. The maximum Gasteiger partial charge on any atom is 0.252 e. The van der Waals surface area contributed by atoms with Crippen molar-refractivity contribution in [2.45, 2.75) is 31.4 Å². The van der Waals surface area contributed by atoms with Gasteiger partial charge in [-0.05, 0) is 31.4 Å². The van der Waals surface area contributed by atoms with Crippen molar-refractivity contribution >= 4 is 11.7 Å². The summed E-state index contributed by atoms with van der Waals surface area (Å²) in [5.41, 5.74) is 5.73. The molecule has 92 valence electrons. The molecule has 1 saturated carbocycles. The molecule has 1 amide bonds. The summed E-state index contributed by atoms with van der Waals surface area (Å²) in [5.74, 6) is 0.0847. The number of carbonyl (C=O) groups is 1. The van der Waals surface area contributed by atoms with E-state index in [0.29, 0.717) is 11.4 Å². The van der Waals surface area contributed by atoms with E-state index in [4.69, 9.17) is 10.5 Å². The number of amides is 1. The Kier molecular flexibility index (Phi) is 3.58. The van der Waals surface area contributed by atoms with Gasteiger partial charge in [0.2, 0.25) is 0 Å². The summed E-state index contributed by atoms with van der Waals surface area (Å²) in [7, 11) is 1.71. The zero-order valence-electron chi connectivity index (χ0n) is 9.85. The molecular weight excluding hydrogens is 218 g/mol. The Bertz CT molecular complexity index is 408. The number of rotatable bonds is 4. The van der Waals surface area contributed by atoms with Gasteiger partial charge < -0.3 is 15.8 Å². The fraction of sp³-hybridized carbons (Fsp3) is 0.500. The predicted octanol–water partition coefficient (Wildman–Crippen LogP) is 1.16. The molecule has 0 aromatic carbocycles. The highest BCUT2D eigenvalue weighted by atomic mass is 16.5. The Morgan fingerprint density at radius 1 is 1.59 bits per heavy atom. The lowest BCUT2D eigenvalue weighted by atomic mass is 10.2. The highest BCUT2D eigenvalue weighted by Crippen LogP contribution is 2.25. The quantitative estimate of drug-likeness (QED) is 0.821. The van der Waals surface area contributed by atoms with Crippen LogP contribution in [0.25, 0.3) is 0 Å². The third-order valence-corrected chi connectivity index (χ3v) is 3.15. The van der Waals surface area contributed by atoms with Crippen LogP contribution in [-0.4, -0.2) is 30.1 Å². The monoisotopic (exact) mass is 235 g/mol. The van der Waals surface area contributed by atoms with Crippen molar-refractivity contribution in [2.24, 2.45) is 5.73 Å². The zero-order valence-corrected chi connectivity index (χ0v) is 9.85. The molecule has 5 nitrogen and oxygen atoms in total. The Balaban J connectivity index is 2.15. The van der Waals surface area contributed by atoms with Crippen LogP contribution >= 0.6 is 0 Å². The molecule has 1 aliphatic rings. The van der Waals surface area contributed by atoms with E-state index in [9.17, 15) is 4.79 Å². The third kappa shape index (κ3) is 2.55. The third-order valence-electron chi connectivity index (χ3n) is 3.15. The van der Waals surface area contributed by atoms with Crippen molar-refractivity contribution in [1.82, 2.24) is 4.98 Å². The lowest BCUT2D eigenvalue weighted by molar-refractivity contribution is 0.0989. The molecule has 0 spiro atoms. The Morgan fingerprint density at radius 3 is 3.12 bits per heavy atom. The number of nitrogens with zero attached hydrogens (tertiary/aromatic N) is 1. The summed E-state index contributed by atoms with van der Waals surface area (Å²) in [6, 6.07) is 3.58. The Labute approximate surface area is 100 Å². The van der Waals surface area contributed by atoms with E-state index in [-0.39, 0.29) is 12.1 Å². The van der Waals surface area contributed by atoms with Crippen molar-refractivity contribution in [3.05, 3.63) is 23.9 Å². The fourth-order valence-corrected chi connectivity index (χ4v) is 2.27. The van der Waals surface area contributed by atoms with Gasteiger partial charge in [-0.15, -0.1) is 0 Å². The maximum atomic E-state index is 11.3. The normalized spacial score (nSPS) is 23.6. The summed E-state index contributed by atoms with van der Waals surface area (Å²) in [5, 5.41) is 3.25. The molecule has 0 bridgehead atoms. The second-order valence-corrected chi connectivity index (χ2v) is 4.22. The Morgan fingerprint density at radius 2 is 2.41 bits per heavy atom. The van der Waals surface area contributed by atoms with Crippen molar-refractivity contribution in [1.29, 1.82) is 0 Å². The molecule has 1 aliphatic carbocycles. The molecule has 1 heterocycles. The van der Waals surface area contributed by atoms with Gasteiger partial charge in [0.05, 0.1) is 17.7 Å². The van der Waals surface area contributed by atoms with E-state index in [1.165, 1.54) is 0 Å². The summed E-state index contributed by atoms with van der Waals surface area (Å²) < 4.78 is 5.39. The first kappa shape index (κ1) is 11.9. The number of anilines is 1. The largest absolute Gasteiger partial charge is 0.379 e. The number of ether oxygens (including phenoxy) is 1. The molecule has 0 radical (unpaired) electrons. The van der Waals surface area contributed by atoms with Gasteiger partial charge in [-0.1, -0.05) is 0 Å². The summed E-state index contributed by atoms with van der Waals surface area (Å²) >= 11 is 0. The van der Waals surface area contributed by atoms with Crippen LogP contribution in [0, 0.1) is 0 Å². The smallest absolute Gasteiger partial charge is 0.252 e. The van der Waals surface area contributed by atoms with Crippen LogP contribution in [0.15, 0.2) is 18.3 Å². The van der Waals surface area contributed by atoms with Crippen molar-refractivity contribution < 1.29 is 9.53 Å². The van der Waals surface area contributed by atoms with Crippen LogP contribution in [0.2, 0.25) is 0 Å². The number of nitrogens with one attached hydrogen (secondary N) is 1. The predicted molar refractivity (Wildman–Crippen MR) is 64.8 cm³/mol. The highest BCUT2D eigenvalue weighted by Gasteiger charge is 2.28. The highest BCUT2D eigenvalue weighted by molar-refractivity contribution is 5.97. The van der Waals surface area contributed by atoms with Crippen molar-refractivity contribution in [3.8, 4) is 0 Å². The van der Waals surface area contributed by atoms with Crippen LogP contribution in [0.5, 0.6) is 0 Å². The summed E-state index contributed by atoms with van der Waals surface area (Å²) in [6.07, 6.45) is 5.00. The first-order valence-corrected chi connectivity index (χ1v) is 5.76. The van der Waals surface area contributed by atoms with Crippen LogP contribution < -0.4 is 11.1 Å². The van der Waals surface area contributed by atoms with Crippen molar-refractivity contribution in [2.75, 3.05) is 12.4 Å². The molecule has 5 heteroatoms. The van der Waals surface area contributed by atoms with Gasteiger partial charge >= 0.3 is 0 Å². The molecule has 2 rings (SSSR count). The van der Waals surface area contributed by atoms with Gasteiger partial charge in [0.15, 0.2) is 0 Å². The van der Waals surface area contributed by atoms with Crippen LogP contribution in [-0.2, 0) is 4.74 Å². The minimum Gasteiger partial charge on any atom is -0.379 e. The summed E-state index contributed by atoms with van der Waals surface area (Å²) in [4.78, 5) is 15.4. The number of methoxy groups -OCH3 is 1. The molecule has 0 saturated heterocycles. The lowest BCUT2D eigenvalue weighted by Gasteiger charge is -2.21. The number of aromatic nitrogens is 1. The average molecular weight is 235 g/mol. The molecule has 1 fully saturated rings. The Hall–Kier alpha value is -1.62. The number of primary amides is 1. The molecule has 17 heavy (non-hydrogen) atoms. The maximum absolute atomic E-state index is 11.3. The molecule has 2 atom stereocenters. The molecule has 1 aromatic heterocycles. The second kappa shape index (κ2) is 5.14. The number of pyridine rings is 1. The second-order valence-electron chi connectivity index (χ2n) is 4.22. The summed E-state index contributed by atoms with van der Waals surface area (Å²) in [6.45, 7) is 0. The molecule has 2 unspecified atom stereocenters. The number of nitrogens with two attached hydrogens (primary N) is 1. The van der Waals surface area contributed by atoms with Crippen molar-refractivity contribution in [3.63, 3.8) is 0 Å². The molecular formula is C12H17N3O2. The number of hydrogen-bond donors (Lipinski definition) is 2. The van der Waals surface area contributed by atoms with Gasteiger partial charge in [-0.2, -0.15) is 0 Å². The minimum absolute atomic E-state index is 0.178. The standard InChI is InChI=1S/C12H17N3O2/c1-17-10-6-2-5-9(10)15-12-8(11(13)16)4-3-7-14-12/h3-4,7,9-10H,2,5-6H2,1H3,(H2,13,16)(H,14,15). The number of hydrogen-bond acceptors (Lipinski definition) is 4. The van der Waals surface area contributed by atoms with Crippen LogP contribution in [0.3, 0.4) is 0 Å². The van der Waals surface area contributed by atoms with Gasteiger partial charge in [0.25, 0.3) is 5.91 Å². The van der Waals surface area contributed by atoms with Gasteiger partial charge in [-0.3, -0.25) is 4.79 Å². The van der Waals surface area contributed by atoms with E-state index < -0.39 is 5.91 Å². The van der Waals surface area contributed by atoms with Crippen LogP contribution in [0.1, 0.15) is 29.6 Å². The van der Waals surface area contributed by atoms with Gasteiger partial charge in [0.1, 0.15) is 5.82 Å². The lowest BCUT2D eigenvalue weighted by Crippen LogP contribution is -2.31. The van der Waals surface area contributed by atoms with E-state index in [1.54, 1.807) is 25.4 Å². The van der Waals surface area contributed by atoms with Gasteiger partial charge in [-0.25, -0.2) is 4.98 Å². The minimum atomic E-state index is -0.465. The van der Waals surface area contributed by atoms with Gasteiger partial charge in [0, 0.05) is 13.3 Å². The first-order chi connectivity index (χ1) is 8.22. The van der Waals surface area contributed by atoms with E-state index in [0.717, 1.165) is 19.3 Å². The SMILES string of the molecule is COC1CCCC1Nc1ncccc1C(N)=O. The zero-order chi connectivity index (χ0) is 12.3.